The summed E-state index contributed by atoms with van der Waals surface area (Å²) >= 11 is 0. The van der Waals surface area contributed by atoms with Crippen LogP contribution in [0.5, 0.6) is 5.75 Å². The van der Waals surface area contributed by atoms with Crippen LogP contribution in [0.3, 0.4) is 0 Å². The normalized spacial score (nSPS) is 10.1. The highest BCUT2D eigenvalue weighted by atomic mass is 16.4. The number of hydrogen-bond donors (Lipinski definition) is 4. The highest BCUT2D eigenvalue weighted by Gasteiger charge is 2.13. The number of carbonyl (C=O) groups is 2. The molecule has 0 bridgehead atoms. The first-order valence-corrected chi connectivity index (χ1v) is 5.91. The molecule has 0 aliphatic carbocycles. The van der Waals surface area contributed by atoms with Crippen LogP contribution in [-0.2, 0) is 13.6 Å². The molecule has 2 aromatic rings. The van der Waals surface area contributed by atoms with Crippen molar-refractivity contribution in [2.75, 3.05) is 5.32 Å². The van der Waals surface area contributed by atoms with E-state index in [0.717, 1.165) is 6.07 Å². The summed E-state index contributed by atoms with van der Waals surface area (Å²) in [4.78, 5) is 22.8. The number of nitrogens with zero attached hydrogens (tertiary/aromatic N) is 3. The van der Waals surface area contributed by atoms with E-state index in [-0.39, 0.29) is 23.5 Å². The summed E-state index contributed by atoms with van der Waals surface area (Å²) in [5.74, 6) is -0.902. The first-order valence-electron chi connectivity index (χ1n) is 5.91. The molecule has 1 aromatic heterocycles. The van der Waals surface area contributed by atoms with Crippen molar-refractivity contribution in [2.24, 2.45) is 7.05 Å². The largest absolute Gasteiger partial charge is 0.508 e. The van der Waals surface area contributed by atoms with Crippen molar-refractivity contribution >= 4 is 17.7 Å². The molecular formula is C12H13N5O4. The summed E-state index contributed by atoms with van der Waals surface area (Å²) in [6, 6.07) is 3.05. The third-order valence-electron chi connectivity index (χ3n) is 2.69. The minimum absolute atomic E-state index is 0.0794. The maximum atomic E-state index is 11.7. The molecule has 0 aliphatic heterocycles. The SMILES string of the molecule is Cn1cnnc1CNC(=O)Nc1ccc(O)cc1C(=O)O. The number of anilines is 1. The number of amides is 2. The highest BCUT2D eigenvalue weighted by molar-refractivity contribution is 6.00. The van der Waals surface area contributed by atoms with Gasteiger partial charge in [-0.05, 0) is 18.2 Å². The maximum Gasteiger partial charge on any atom is 0.337 e. The first kappa shape index (κ1) is 14.3. The van der Waals surface area contributed by atoms with Gasteiger partial charge in [0.25, 0.3) is 0 Å². The second-order valence-corrected chi connectivity index (χ2v) is 4.20. The molecule has 110 valence electrons. The Kier molecular flexibility index (Phi) is 4.02. The Morgan fingerprint density at radius 3 is 2.76 bits per heavy atom. The van der Waals surface area contributed by atoms with Crippen molar-refractivity contribution < 1.29 is 19.8 Å². The van der Waals surface area contributed by atoms with Gasteiger partial charge in [-0.3, -0.25) is 0 Å². The van der Waals surface area contributed by atoms with Gasteiger partial charge in [-0.1, -0.05) is 0 Å². The molecule has 0 radical (unpaired) electrons. The Morgan fingerprint density at radius 1 is 1.38 bits per heavy atom. The van der Waals surface area contributed by atoms with Crippen LogP contribution in [0.4, 0.5) is 10.5 Å². The summed E-state index contributed by atoms with van der Waals surface area (Å²) in [5, 5.41) is 30.7. The average Bonchev–Trinajstić information content (AvgIpc) is 2.84. The first-order chi connectivity index (χ1) is 9.97. The lowest BCUT2D eigenvalue weighted by atomic mass is 10.1. The monoisotopic (exact) mass is 291 g/mol. The van der Waals surface area contributed by atoms with E-state index < -0.39 is 12.0 Å². The quantitative estimate of drug-likeness (QED) is 0.608. The lowest BCUT2D eigenvalue weighted by Gasteiger charge is -2.10. The van der Waals surface area contributed by atoms with Gasteiger partial charge in [-0.25, -0.2) is 9.59 Å². The number of carboxylic acid groups (broad SMARTS) is 1. The number of benzene rings is 1. The standard InChI is InChI=1S/C12H13N5O4/c1-17-6-14-16-10(17)5-13-12(21)15-9-3-2-7(18)4-8(9)11(19)20/h2-4,6,18H,5H2,1H3,(H,19,20)(H2,13,15,21). The molecule has 2 rings (SSSR count). The second kappa shape index (κ2) is 5.90. The van der Waals surface area contributed by atoms with Crippen LogP contribution in [0.1, 0.15) is 16.2 Å². The molecule has 9 heteroatoms. The number of nitrogens with one attached hydrogen (secondary N) is 2. The van der Waals surface area contributed by atoms with Crippen LogP contribution >= 0.6 is 0 Å². The predicted molar refractivity (Wildman–Crippen MR) is 71.9 cm³/mol. The lowest BCUT2D eigenvalue weighted by Crippen LogP contribution is -2.29. The minimum atomic E-state index is -1.26. The molecule has 2 amide bonds. The van der Waals surface area contributed by atoms with Crippen LogP contribution in [-0.4, -0.2) is 37.0 Å². The molecule has 0 saturated heterocycles. The van der Waals surface area contributed by atoms with Gasteiger partial charge in [0.2, 0.25) is 0 Å². The summed E-state index contributed by atoms with van der Waals surface area (Å²) in [7, 11) is 1.73. The van der Waals surface area contributed by atoms with E-state index in [4.69, 9.17) is 5.11 Å². The third kappa shape index (κ3) is 3.47. The Bertz CT molecular complexity index is 682. The molecule has 0 spiro atoms. The molecule has 1 aromatic carbocycles. The Morgan fingerprint density at radius 2 is 2.14 bits per heavy atom. The molecule has 0 atom stereocenters. The third-order valence-corrected chi connectivity index (χ3v) is 2.69. The second-order valence-electron chi connectivity index (χ2n) is 4.20. The number of carbonyl (C=O) groups excluding carboxylic acids is 1. The zero-order valence-electron chi connectivity index (χ0n) is 11.1. The number of aromatic hydroxyl groups is 1. The fourth-order valence-corrected chi connectivity index (χ4v) is 1.61. The Balaban J connectivity index is 2.03. The number of aryl methyl sites for hydroxylation is 1. The summed E-state index contributed by atoms with van der Waals surface area (Å²) in [6.45, 7) is 0.142. The van der Waals surface area contributed by atoms with Crippen molar-refractivity contribution in [1.82, 2.24) is 20.1 Å². The fourth-order valence-electron chi connectivity index (χ4n) is 1.61. The van der Waals surface area contributed by atoms with Gasteiger partial charge in [-0.15, -0.1) is 10.2 Å². The molecular weight excluding hydrogens is 278 g/mol. The highest BCUT2D eigenvalue weighted by Crippen LogP contribution is 2.21. The lowest BCUT2D eigenvalue weighted by molar-refractivity contribution is 0.0697. The Hall–Kier alpha value is -3.10. The van der Waals surface area contributed by atoms with Crippen molar-refractivity contribution in [3.63, 3.8) is 0 Å². The van der Waals surface area contributed by atoms with Crippen LogP contribution < -0.4 is 10.6 Å². The number of carboxylic acids is 1. The number of aromatic carboxylic acids is 1. The van der Waals surface area contributed by atoms with Gasteiger partial charge in [0, 0.05) is 7.05 Å². The molecule has 21 heavy (non-hydrogen) atoms. The van der Waals surface area contributed by atoms with Crippen LogP contribution in [0, 0.1) is 0 Å². The van der Waals surface area contributed by atoms with Gasteiger partial charge in [0.1, 0.15) is 12.1 Å². The predicted octanol–water partition coefficient (Wildman–Crippen LogP) is 0.541. The topological polar surface area (TPSA) is 129 Å². The maximum absolute atomic E-state index is 11.7. The van der Waals surface area contributed by atoms with Gasteiger partial charge in [0.15, 0.2) is 5.82 Å². The smallest absolute Gasteiger partial charge is 0.337 e. The van der Waals surface area contributed by atoms with Crippen LogP contribution in [0.2, 0.25) is 0 Å². The van der Waals surface area contributed by atoms with Crippen molar-refractivity contribution in [3.8, 4) is 5.75 Å². The summed E-state index contributed by atoms with van der Waals surface area (Å²) in [6.07, 6.45) is 1.50. The van der Waals surface area contributed by atoms with Gasteiger partial charge >= 0.3 is 12.0 Å². The molecule has 1 heterocycles. The fraction of sp³-hybridized carbons (Fsp3) is 0.167. The number of urea groups is 1. The van der Waals surface area contributed by atoms with E-state index in [0.29, 0.717) is 5.82 Å². The number of rotatable bonds is 4. The van der Waals surface area contributed by atoms with Crippen LogP contribution in [0.25, 0.3) is 0 Å². The molecule has 0 fully saturated rings. The average molecular weight is 291 g/mol. The number of hydrogen-bond acceptors (Lipinski definition) is 5. The molecule has 9 nitrogen and oxygen atoms in total. The van der Waals surface area contributed by atoms with Crippen molar-refractivity contribution in [2.45, 2.75) is 6.54 Å². The molecule has 0 aliphatic rings. The van der Waals surface area contributed by atoms with Gasteiger partial charge in [0.05, 0.1) is 17.8 Å². The molecule has 0 saturated carbocycles. The van der Waals surface area contributed by atoms with Crippen LogP contribution in [0.15, 0.2) is 24.5 Å². The van der Waals surface area contributed by atoms with Gasteiger partial charge in [-0.2, -0.15) is 0 Å². The zero-order valence-corrected chi connectivity index (χ0v) is 11.1. The van der Waals surface area contributed by atoms with Gasteiger partial charge < -0.3 is 25.4 Å². The van der Waals surface area contributed by atoms with E-state index in [1.165, 1.54) is 18.5 Å². The van der Waals surface area contributed by atoms with E-state index in [1.54, 1.807) is 11.6 Å². The summed E-state index contributed by atoms with van der Waals surface area (Å²) in [5.41, 5.74) is -0.125. The zero-order chi connectivity index (χ0) is 15.4. The van der Waals surface area contributed by atoms with E-state index in [2.05, 4.69) is 20.8 Å². The number of phenolic OH excluding ortho intramolecular Hbond substituents is 1. The number of aromatic nitrogens is 3. The van der Waals surface area contributed by atoms with Crippen molar-refractivity contribution in [1.29, 1.82) is 0 Å². The minimum Gasteiger partial charge on any atom is -0.508 e. The summed E-state index contributed by atoms with van der Waals surface area (Å²) < 4.78 is 1.64. The molecule has 4 N–H and O–H groups in total. The van der Waals surface area contributed by atoms with Crippen molar-refractivity contribution in [3.05, 3.63) is 35.9 Å². The van der Waals surface area contributed by atoms with E-state index >= 15 is 0 Å². The Labute approximate surface area is 119 Å². The van der Waals surface area contributed by atoms with E-state index in [9.17, 15) is 14.7 Å². The molecule has 0 unspecified atom stereocenters. The van der Waals surface area contributed by atoms with E-state index in [1.807, 2.05) is 0 Å². The number of phenols is 1.